The molecule has 15 heavy (non-hydrogen) atoms. The summed E-state index contributed by atoms with van der Waals surface area (Å²) in [6.07, 6.45) is 1.31. The van der Waals surface area contributed by atoms with Crippen molar-refractivity contribution < 1.29 is 9.47 Å². The monoisotopic (exact) mass is 214 g/mol. The molecule has 0 bridgehead atoms. The van der Waals surface area contributed by atoms with E-state index in [1.807, 2.05) is 0 Å². The van der Waals surface area contributed by atoms with Crippen molar-refractivity contribution in [1.29, 1.82) is 0 Å². The van der Waals surface area contributed by atoms with Crippen LogP contribution >= 0.6 is 0 Å². The smallest absolute Gasteiger partial charge is 0.111 e. The number of rotatable bonds is 6. The van der Waals surface area contributed by atoms with E-state index in [-0.39, 0.29) is 12.2 Å². The number of ether oxygens (including phenoxy) is 2. The van der Waals surface area contributed by atoms with Gasteiger partial charge in [-0.2, -0.15) is 5.10 Å². The van der Waals surface area contributed by atoms with Gasteiger partial charge >= 0.3 is 0 Å². The van der Waals surface area contributed by atoms with Crippen molar-refractivity contribution in [3.05, 3.63) is 17.5 Å². The highest BCUT2D eigenvalue weighted by Gasteiger charge is 2.20. The largest absolute Gasteiger partial charge is 0.375 e. The van der Waals surface area contributed by atoms with Gasteiger partial charge in [0.2, 0.25) is 0 Å². The van der Waals surface area contributed by atoms with Crippen LogP contribution in [0.1, 0.15) is 23.5 Å². The van der Waals surface area contributed by atoms with E-state index in [1.54, 1.807) is 20.4 Å². The topological polar surface area (TPSA) is 99.2 Å². The lowest BCUT2D eigenvalue weighted by Crippen LogP contribution is -2.20. The summed E-state index contributed by atoms with van der Waals surface area (Å²) >= 11 is 0. The van der Waals surface area contributed by atoms with Crippen LogP contribution < -0.4 is 11.5 Å². The molecule has 1 heterocycles. The Bertz CT molecular complexity index is 255. The van der Waals surface area contributed by atoms with E-state index in [9.17, 15) is 0 Å². The molecule has 1 aromatic rings. The van der Waals surface area contributed by atoms with Gasteiger partial charge in [0.05, 0.1) is 18.0 Å². The fourth-order valence-electron chi connectivity index (χ4n) is 1.50. The van der Waals surface area contributed by atoms with Gasteiger partial charge in [-0.3, -0.25) is 5.10 Å². The lowest BCUT2D eigenvalue weighted by atomic mass is 10.1. The molecule has 0 radical (unpaired) electrons. The molecule has 1 rings (SSSR count). The Morgan fingerprint density at radius 1 is 1.27 bits per heavy atom. The first-order chi connectivity index (χ1) is 7.28. The SMILES string of the molecule is COC(CN)c1cn[nH]c1C(CN)OC. The first-order valence-electron chi connectivity index (χ1n) is 4.77. The van der Waals surface area contributed by atoms with E-state index in [0.29, 0.717) is 13.1 Å². The summed E-state index contributed by atoms with van der Waals surface area (Å²) in [6, 6.07) is 0. The minimum atomic E-state index is -0.202. The Labute approximate surface area is 88.9 Å². The number of aromatic amines is 1. The second kappa shape index (κ2) is 5.82. The molecule has 86 valence electrons. The molecule has 0 aromatic carbocycles. The van der Waals surface area contributed by atoms with Crippen LogP contribution in [0.5, 0.6) is 0 Å². The van der Waals surface area contributed by atoms with Gasteiger partial charge in [0.15, 0.2) is 0 Å². The van der Waals surface area contributed by atoms with E-state index in [1.165, 1.54) is 0 Å². The molecule has 0 spiro atoms. The van der Waals surface area contributed by atoms with E-state index < -0.39 is 0 Å². The molecule has 0 aliphatic rings. The minimum Gasteiger partial charge on any atom is -0.375 e. The standard InChI is InChI=1S/C9H18N4O2/c1-14-7(3-10)6-5-12-13-9(6)8(4-11)15-2/h5,7-8H,3-4,10-11H2,1-2H3,(H,12,13). The van der Waals surface area contributed by atoms with Crippen LogP contribution in [0.15, 0.2) is 6.20 Å². The lowest BCUT2D eigenvalue weighted by molar-refractivity contribution is 0.0897. The fourth-order valence-corrected chi connectivity index (χ4v) is 1.50. The number of aromatic nitrogens is 2. The Hall–Kier alpha value is -0.950. The van der Waals surface area contributed by atoms with Gasteiger partial charge in [-0.1, -0.05) is 0 Å². The Morgan fingerprint density at radius 2 is 1.87 bits per heavy atom. The maximum absolute atomic E-state index is 5.59. The van der Waals surface area contributed by atoms with E-state index in [2.05, 4.69) is 10.2 Å². The molecule has 5 N–H and O–H groups in total. The van der Waals surface area contributed by atoms with Crippen molar-refractivity contribution in [2.24, 2.45) is 11.5 Å². The van der Waals surface area contributed by atoms with Gasteiger partial charge in [-0.25, -0.2) is 0 Å². The number of H-pyrrole nitrogens is 1. The van der Waals surface area contributed by atoms with Crippen LogP contribution in [-0.2, 0) is 9.47 Å². The normalized spacial score (nSPS) is 15.2. The highest BCUT2D eigenvalue weighted by molar-refractivity contribution is 5.22. The van der Waals surface area contributed by atoms with Crippen LogP contribution in [0.3, 0.4) is 0 Å². The summed E-state index contributed by atoms with van der Waals surface area (Å²) in [5.41, 5.74) is 12.9. The summed E-state index contributed by atoms with van der Waals surface area (Å²) in [5, 5.41) is 6.83. The molecule has 6 heteroatoms. The Balaban J connectivity index is 2.93. The average Bonchev–Trinajstić information content (AvgIpc) is 2.71. The zero-order chi connectivity index (χ0) is 11.3. The highest BCUT2D eigenvalue weighted by Crippen LogP contribution is 2.24. The Morgan fingerprint density at radius 3 is 2.33 bits per heavy atom. The predicted octanol–water partition coefficient (Wildman–Crippen LogP) is -0.298. The van der Waals surface area contributed by atoms with Crippen molar-refractivity contribution in [1.82, 2.24) is 10.2 Å². The van der Waals surface area contributed by atoms with Crippen molar-refractivity contribution in [3.63, 3.8) is 0 Å². The fraction of sp³-hybridized carbons (Fsp3) is 0.667. The molecule has 0 fully saturated rings. The lowest BCUT2D eigenvalue weighted by Gasteiger charge is -2.17. The molecule has 0 aliphatic carbocycles. The second-order valence-corrected chi connectivity index (χ2v) is 3.16. The highest BCUT2D eigenvalue weighted by atomic mass is 16.5. The maximum Gasteiger partial charge on any atom is 0.111 e. The zero-order valence-corrected chi connectivity index (χ0v) is 9.06. The number of methoxy groups -OCH3 is 2. The maximum atomic E-state index is 5.59. The number of hydrogen-bond acceptors (Lipinski definition) is 5. The third kappa shape index (κ3) is 2.54. The number of hydrogen-bond donors (Lipinski definition) is 3. The molecular formula is C9H18N4O2. The molecule has 1 aromatic heterocycles. The van der Waals surface area contributed by atoms with E-state index >= 15 is 0 Å². The zero-order valence-electron chi connectivity index (χ0n) is 9.06. The van der Waals surface area contributed by atoms with Crippen molar-refractivity contribution in [2.45, 2.75) is 12.2 Å². The van der Waals surface area contributed by atoms with Gasteiger partial charge < -0.3 is 20.9 Å². The molecule has 6 nitrogen and oxygen atoms in total. The number of nitrogens with one attached hydrogen (secondary N) is 1. The summed E-state index contributed by atoms with van der Waals surface area (Å²) in [5.74, 6) is 0. The number of nitrogens with two attached hydrogens (primary N) is 2. The third-order valence-corrected chi connectivity index (χ3v) is 2.37. The van der Waals surface area contributed by atoms with Gasteiger partial charge in [0.25, 0.3) is 0 Å². The molecule has 0 aliphatic heterocycles. The van der Waals surface area contributed by atoms with Crippen molar-refractivity contribution >= 4 is 0 Å². The van der Waals surface area contributed by atoms with Crippen LogP contribution in [-0.4, -0.2) is 37.5 Å². The van der Waals surface area contributed by atoms with E-state index in [4.69, 9.17) is 20.9 Å². The quantitative estimate of drug-likeness (QED) is 0.604. The van der Waals surface area contributed by atoms with Gasteiger partial charge in [-0.05, 0) is 0 Å². The molecule has 2 unspecified atom stereocenters. The molecule has 0 saturated carbocycles. The molecule has 0 amide bonds. The van der Waals surface area contributed by atoms with Gasteiger partial charge in [0.1, 0.15) is 6.10 Å². The molecule has 0 saturated heterocycles. The minimum absolute atomic E-state index is 0.178. The van der Waals surface area contributed by atoms with Crippen LogP contribution in [0.4, 0.5) is 0 Å². The number of nitrogens with zero attached hydrogens (tertiary/aromatic N) is 1. The summed E-state index contributed by atoms with van der Waals surface area (Å²) in [6.45, 7) is 0.775. The van der Waals surface area contributed by atoms with Gasteiger partial charge in [0, 0.05) is 32.9 Å². The summed E-state index contributed by atoms with van der Waals surface area (Å²) < 4.78 is 10.5. The molecular weight excluding hydrogens is 196 g/mol. The summed E-state index contributed by atoms with van der Waals surface area (Å²) in [4.78, 5) is 0. The third-order valence-electron chi connectivity index (χ3n) is 2.37. The van der Waals surface area contributed by atoms with Crippen LogP contribution in [0, 0.1) is 0 Å². The first-order valence-corrected chi connectivity index (χ1v) is 4.77. The Kier molecular flexibility index (Phi) is 4.70. The van der Waals surface area contributed by atoms with E-state index in [0.717, 1.165) is 11.3 Å². The van der Waals surface area contributed by atoms with Crippen molar-refractivity contribution in [2.75, 3.05) is 27.3 Å². The molecule has 2 atom stereocenters. The average molecular weight is 214 g/mol. The first kappa shape index (κ1) is 12.1. The van der Waals surface area contributed by atoms with Crippen LogP contribution in [0.25, 0.3) is 0 Å². The van der Waals surface area contributed by atoms with Gasteiger partial charge in [-0.15, -0.1) is 0 Å². The van der Waals surface area contributed by atoms with Crippen molar-refractivity contribution in [3.8, 4) is 0 Å². The summed E-state index contributed by atoms with van der Waals surface area (Å²) in [7, 11) is 3.21. The predicted molar refractivity (Wildman–Crippen MR) is 56.2 cm³/mol. The van der Waals surface area contributed by atoms with Crippen LogP contribution in [0.2, 0.25) is 0 Å². The second-order valence-electron chi connectivity index (χ2n) is 3.16.